The molecule has 0 fully saturated rings. The van der Waals surface area contributed by atoms with Crippen LogP contribution in [0.3, 0.4) is 0 Å². The number of ether oxygens (including phenoxy) is 1. The maximum absolute atomic E-state index is 15.1. The van der Waals surface area contributed by atoms with Crippen LogP contribution < -0.4 is 4.74 Å². The van der Waals surface area contributed by atoms with Gasteiger partial charge in [-0.25, -0.2) is 13.8 Å². The van der Waals surface area contributed by atoms with E-state index < -0.39 is 24.2 Å². The van der Waals surface area contributed by atoms with Crippen LogP contribution in [0.1, 0.15) is 60.4 Å². The molecule has 0 saturated carbocycles. The predicted molar refractivity (Wildman–Crippen MR) is 169 cm³/mol. The Balaban J connectivity index is 1.34. The summed E-state index contributed by atoms with van der Waals surface area (Å²) in [6.45, 7) is 1.62. The first-order chi connectivity index (χ1) is 21.3. The van der Waals surface area contributed by atoms with E-state index in [0.717, 1.165) is 54.7 Å². The Bertz CT molecular complexity index is 1740. The highest BCUT2D eigenvalue weighted by Crippen LogP contribution is 2.37. The summed E-state index contributed by atoms with van der Waals surface area (Å²) in [5, 5.41) is 19.4. The fourth-order valence-electron chi connectivity index (χ4n) is 5.46. The minimum absolute atomic E-state index is 0.0225. The Morgan fingerprint density at radius 1 is 1.05 bits per heavy atom. The van der Waals surface area contributed by atoms with Gasteiger partial charge < -0.3 is 24.9 Å². The van der Waals surface area contributed by atoms with Crippen LogP contribution in [-0.2, 0) is 11.4 Å². The van der Waals surface area contributed by atoms with Crippen molar-refractivity contribution in [3.8, 4) is 22.9 Å². The summed E-state index contributed by atoms with van der Waals surface area (Å²) < 4.78 is 36.0. The van der Waals surface area contributed by atoms with Crippen molar-refractivity contribution < 1.29 is 28.5 Å². The first-order valence-electron chi connectivity index (χ1n) is 14.6. The number of hydrogen-bond acceptors (Lipinski definition) is 5. The van der Waals surface area contributed by atoms with Crippen LogP contribution in [0.25, 0.3) is 22.3 Å². The summed E-state index contributed by atoms with van der Waals surface area (Å²) in [6, 6.07) is 15.5. The Morgan fingerprint density at radius 3 is 2.68 bits per heavy atom. The summed E-state index contributed by atoms with van der Waals surface area (Å²) in [5.41, 5.74) is 4.17. The molecule has 230 valence electrons. The van der Waals surface area contributed by atoms with E-state index in [1.54, 1.807) is 18.5 Å². The number of imidazole rings is 1. The Kier molecular flexibility index (Phi) is 10.3. The van der Waals surface area contributed by atoms with Gasteiger partial charge in [-0.05, 0) is 55.3 Å². The molecule has 0 saturated heterocycles. The van der Waals surface area contributed by atoms with Crippen LogP contribution in [0.15, 0.2) is 67.0 Å². The molecule has 4 N–H and O–H groups in total. The lowest BCUT2D eigenvalue weighted by atomic mass is 9.89. The van der Waals surface area contributed by atoms with Crippen LogP contribution in [0, 0.1) is 18.6 Å². The molecule has 0 radical (unpaired) electrons. The fraction of sp³-hybridized carbons (Fsp3) is 0.294. The van der Waals surface area contributed by atoms with Gasteiger partial charge in [0.05, 0.1) is 17.9 Å². The monoisotopic (exact) mass is 619 g/mol. The fourth-order valence-corrected chi connectivity index (χ4v) is 6.19. The SMILES string of the molecule is Cc1cccc(C(CCCCCCSCC(=O)O)c2cnc(-c3cc(Oc4c(F)cc5[nH]ccc5c4CO)ccc3F)[nH]2)c1. The molecule has 5 aromatic rings. The lowest BCUT2D eigenvalue weighted by Gasteiger charge is -2.17. The zero-order valence-corrected chi connectivity index (χ0v) is 25.2. The number of aromatic amines is 2. The number of nitrogens with one attached hydrogen (secondary N) is 2. The number of aliphatic hydroxyl groups is 1. The molecule has 2 heterocycles. The van der Waals surface area contributed by atoms with Crippen LogP contribution in [0.4, 0.5) is 8.78 Å². The Labute approximate surface area is 258 Å². The topological polar surface area (TPSA) is 111 Å². The number of halogens is 2. The molecule has 0 amide bonds. The number of aromatic nitrogens is 3. The van der Waals surface area contributed by atoms with Crippen LogP contribution in [0.5, 0.6) is 11.5 Å². The maximum atomic E-state index is 15.1. The molecule has 0 spiro atoms. The third-order valence-electron chi connectivity index (χ3n) is 7.61. The van der Waals surface area contributed by atoms with Gasteiger partial charge in [0.1, 0.15) is 17.4 Å². The summed E-state index contributed by atoms with van der Waals surface area (Å²) in [6.07, 6.45) is 8.25. The van der Waals surface area contributed by atoms with Crippen LogP contribution in [-0.4, -0.2) is 42.6 Å². The minimum Gasteiger partial charge on any atom is -0.481 e. The number of H-pyrrole nitrogens is 2. The predicted octanol–water partition coefficient (Wildman–Crippen LogP) is 8.33. The number of aryl methyl sites for hydroxylation is 1. The molecular weight excluding hydrogens is 584 g/mol. The van der Waals surface area contributed by atoms with Crippen molar-refractivity contribution in [3.63, 3.8) is 0 Å². The normalized spacial score (nSPS) is 12.1. The number of unbranched alkanes of at least 4 members (excludes halogenated alkanes) is 3. The van der Waals surface area contributed by atoms with Crippen LogP contribution >= 0.6 is 11.8 Å². The zero-order chi connectivity index (χ0) is 31.1. The van der Waals surface area contributed by atoms with Gasteiger partial charge in [-0.2, -0.15) is 11.8 Å². The molecule has 10 heteroatoms. The molecule has 5 rings (SSSR count). The molecule has 0 aliphatic carbocycles. The second-order valence-electron chi connectivity index (χ2n) is 10.8. The highest BCUT2D eigenvalue weighted by molar-refractivity contribution is 7.99. The number of fused-ring (bicyclic) bond motifs is 1. The van der Waals surface area contributed by atoms with Gasteiger partial charge in [-0.15, -0.1) is 0 Å². The minimum atomic E-state index is -0.784. The first-order valence-corrected chi connectivity index (χ1v) is 15.8. The van der Waals surface area contributed by atoms with Gasteiger partial charge in [0.2, 0.25) is 0 Å². The van der Waals surface area contributed by atoms with E-state index >= 15 is 4.39 Å². The number of aliphatic carboxylic acids is 1. The Morgan fingerprint density at radius 2 is 1.89 bits per heavy atom. The molecular formula is C34H35F2N3O4S. The Hall–Kier alpha value is -4.15. The molecule has 3 aromatic carbocycles. The van der Waals surface area contributed by atoms with Crippen molar-refractivity contribution in [2.45, 2.75) is 51.6 Å². The number of rotatable bonds is 15. The summed E-state index contributed by atoms with van der Waals surface area (Å²) >= 11 is 1.44. The van der Waals surface area contributed by atoms with E-state index in [0.29, 0.717) is 22.3 Å². The zero-order valence-electron chi connectivity index (χ0n) is 24.4. The summed E-state index contributed by atoms with van der Waals surface area (Å²) in [4.78, 5) is 21.5. The average molecular weight is 620 g/mol. The average Bonchev–Trinajstić information content (AvgIpc) is 3.67. The van der Waals surface area contributed by atoms with E-state index in [1.807, 2.05) is 19.1 Å². The van der Waals surface area contributed by atoms with Crippen molar-refractivity contribution >= 4 is 28.6 Å². The highest BCUT2D eigenvalue weighted by atomic mass is 32.2. The quantitative estimate of drug-likeness (QED) is 0.0877. The second-order valence-corrected chi connectivity index (χ2v) is 11.9. The van der Waals surface area contributed by atoms with Crippen molar-refractivity contribution in [2.75, 3.05) is 11.5 Å². The molecule has 44 heavy (non-hydrogen) atoms. The molecule has 2 aromatic heterocycles. The first kappa shape index (κ1) is 31.3. The van der Waals surface area contributed by atoms with Gasteiger partial charge >= 0.3 is 5.97 Å². The van der Waals surface area contributed by atoms with E-state index in [1.165, 1.54) is 36.0 Å². The van der Waals surface area contributed by atoms with Gasteiger partial charge in [-0.1, -0.05) is 49.1 Å². The second kappa shape index (κ2) is 14.5. The van der Waals surface area contributed by atoms with Gasteiger partial charge in [0.25, 0.3) is 0 Å². The van der Waals surface area contributed by atoms with Gasteiger partial charge in [0, 0.05) is 46.5 Å². The lowest BCUT2D eigenvalue weighted by Crippen LogP contribution is -2.03. The van der Waals surface area contributed by atoms with Crippen molar-refractivity contribution in [3.05, 3.63) is 101 Å². The van der Waals surface area contributed by atoms with Gasteiger partial charge in [0.15, 0.2) is 11.6 Å². The number of carboxylic acids is 1. The third kappa shape index (κ3) is 7.49. The number of hydrogen-bond donors (Lipinski definition) is 4. The number of benzene rings is 3. The molecule has 0 aliphatic rings. The van der Waals surface area contributed by atoms with Crippen molar-refractivity contribution in [1.29, 1.82) is 0 Å². The number of thioether (sulfide) groups is 1. The maximum Gasteiger partial charge on any atom is 0.313 e. The number of nitrogens with zero attached hydrogens (tertiary/aromatic N) is 1. The van der Waals surface area contributed by atoms with E-state index in [-0.39, 0.29) is 28.7 Å². The van der Waals surface area contributed by atoms with Crippen LogP contribution in [0.2, 0.25) is 0 Å². The van der Waals surface area contributed by atoms with Crippen molar-refractivity contribution in [2.24, 2.45) is 0 Å². The molecule has 7 nitrogen and oxygen atoms in total. The van der Waals surface area contributed by atoms with Crippen molar-refractivity contribution in [1.82, 2.24) is 15.0 Å². The number of carboxylic acid groups (broad SMARTS) is 1. The third-order valence-corrected chi connectivity index (χ3v) is 8.64. The number of carbonyl (C=O) groups is 1. The molecule has 0 aliphatic heterocycles. The standard InChI is InChI=1S/C34H35F2N3O4S/c1-21-7-6-8-22(15-21)24(9-4-2-3-5-14-44-20-32(41)42)31-18-38-34(39-31)26-16-23(10-11-28(26)35)43-33-27(19-40)25-12-13-37-30(25)17-29(33)36/h6-8,10-13,15-18,24,37,40H,2-5,9,14,19-20H2,1H3,(H,38,39)(H,41,42). The van der Waals surface area contributed by atoms with E-state index in [9.17, 15) is 14.3 Å². The van der Waals surface area contributed by atoms with Gasteiger partial charge in [-0.3, -0.25) is 4.79 Å². The summed E-state index contributed by atoms with van der Waals surface area (Å²) in [5.74, 6) is -0.512. The van der Waals surface area contributed by atoms with E-state index in [4.69, 9.17) is 9.84 Å². The van der Waals surface area contributed by atoms with E-state index in [2.05, 4.69) is 27.1 Å². The highest BCUT2D eigenvalue weighted by Gasteiger charge is 2.20. The summed E-state index contributed by atoms with van der Waals surface area (Å²) in [7, 11) is 0. The molecule has 0 bridgehead atoms. The smallest absolute Gasteiger partial charge is 0.313 e. The molecule has 1 unspecified atom stereocenters. The number of aliphatic hydroxyl groups excluding tert-OH is 1. The lowest BCUT2D eigenvalue weighted by molar-refractivity contribution is -0.133. The molecule has 1 atom stereocenters. The largest absolute Gasteiger partial charge is 0.481 e.